The van der Waals surface area contributed by atoms with E-state index in [9.17, 15) is 14.3 Å². The maximum Gasteiger partial charge on any atom is 0.254 e. The molecule has 0 radical (unpaired) electrons. The van der Waals surface area contributed by atoms with E-state index in [4.69, 9.17) is 4.98 Å². The number of fused-ring (bicyclic) bond motifs is 1. The lowest BCUT2D eigenvalue weighted by atomic mass is 10.0. The summed E-state index contributed by atoms with van der Waals surface area (Å²) in [7, 11) is 0. The van der Waals surface area contributed by atoms with Crippen LogP contribution in [0.15, 0.2) is 61.3 Å². The SMILES string of the molecule is C[C@@H]1CN(c2nccc3c2c(-c2ccncc2)cn3-c2cc(F)ccn2)[C@@H](C)CN1C(=O)C(C)(C)O. The molecule has 186 valence electrons. The van der Waals surface area contributed by atoms with Gasteiger partial charge in [0.2, 0.25) is 0 Å². The standard InChI is InChI=1S/C27H29FN6O2/c1-17-15-33(26(35)27(3,4)36)18(2)14-32(17)25-24-21(19-5-9-29-10-6-19)16-34(22(24)8-12-31-25)23-13-20(28)7-11-30-23/h5-13,16-18,36H,14-15H2,1-4H3/t17-,18+/m0/s1. The van der Waals surface area contributed by atoms with E-state index in [1.165, 1.54) is 32.2 Å². The fourth-order valence-corrected chi connectivity index (χ4v) is 4.90. The molecule has 0 unspecified atom stereocenters. The number of aromatic nitrogens is 4. The zero-order valence-electron chi connectivity index (χ0n) is 20.8. The van der Waals surface area contributed by atoms with Gasteiger partial charge in [-0.05, 0) is 57.5 Å². The van der Waals surface area contributed by atoms with Crippen LogP contribution in [0.25, 0.3) is 27.8 Å². The minimum absolute atomic E-state index is 0.0495. The number of amides is 1. The monoisotopic (exact) mass is 488 g/mol. The Bertz CT molecular complexity index is 1420. The minimum atomic E-state index is -1.43. The van der Waals surface area contributed by atoms with Gasteiger partial charge >= 0.3 is 0 Å². The minimum Gasteiger partial charge on any atom is -0.381 e. The Hall–Kier alpha value is -3.85. The molecule has 36 heavy (non-hydrogen) atoms. The first-order valence-corrected chi connectivity index (χ1v) is 12.0. The van der Waals surface area contributed by atoms with Crippen LogP contribution in [0, 0.1) is 5.82 Å². The fraction of sp³-hybridized carbons (Fsp3) is 0.333. The van der Waals surface area contributed by atoms with Gasteiger partial charge < -0.3 is 19.5 Å². The molecule has 8 nitrogen and oxygen atoms in total. The smallest absolute Gasteiger partial charge is 0.254 e. The third kappa shape index (κ3) is 4.19. The maximum absolute atomic E-state index is 14.1. The van der Waals surface area contributed by atoms with Gasteiger partial charge in [-0.25, -0.2) is 14.4 Å². The van der Waals surface area contributed by atoms with E-state index in [0.717, 1.165) is 27.8 Å². The lowest BCUT2D eigenvalue weighted by Gasteiger charge is -2.46. The van der Waals surface area contributed by atoms with E-state index in [1.807, 2.05) is 42.8 Å². The second-order valence-electron chi connectivity index (χ2n) is 9.88. The van der Waals surface area contributed by atoms with Crippen molar-refractivity contribution in [3.63, 3.8) is 0 Å². The molecule has 1 aliphatic rings. The second kappa shape index (κ2) is 8.98. The molecule has 4 aromatic rings. The van der Waals surface area contributed by atoms with E-state index in [-0.39, 0.29) is 23.8 Å². The normalized spacial score (nSPS) is 18.6. The highest BCUT2D eigenvalue weighted by Gasteiger charge is 2.38. The Labute approximate surface area is 209 Å². The van der Waals surface area contributed by atoms with Gasteiger partial charge in [0.15, 0.2) is 0 Å². The summed E-state index contributed by atoms with van der Waals surface area (Å²) < 4.78 is 16.0. The summed E-state index contributed by atoms with van der Waals surface area (Å²) in [6, 6.07) is 8.31. The van der Waals surface area contributed by atoms with Crippen LogP contribution in [-0.4, -0.2) is 66.2 Å². The molecule has 5 rings (SSSR count). The highest BCUT2D eigenvalue weighted by atomic mass is 19.1. The molecular weight excluding hydrogens is 459 g/mol. The summed E-state index contributed by atoms with van der Waals surface area (Å²) >= 11 is 0. The lowest BCUT2D eigenvalue weighted by molar-refractivity contribution is -0.151. The van der Waals surface area contributed by atoms with Crippen molar-refractivity contribution in [2.75, 3.05) is 18.0 Å². The molecule has 0 saturated carbocycles. The van der Waals surface area contributed by atoms with Gasteiger partial charge in [-0.3, -0.25) is 9.78 Å². The largest absolute Gasteiger partial charge is 0.381 e. The first-order chi connectivity index (χ1) is 17.1. The van der Waals surface area contributed by atoms with Gasteiger partial charge in [0.25, 0.3) is 5.91 Å². The molecule has 1 fully saturated rings. The highest BCUT2D eigenvalue weighted by Crippen LogP contribution is 2.39. The number of piperazine rings is 1. The maximum atomic E-state index is 14.1. The molecule has 5 heterocycles. The summed E-state index contributed by atoms with van der Waals surface area (Å²) in [5.41, 5.74) is 1.30. The van der Waals surface area contributed by atoms with E-state index in [1.54, 1.807) is 23.5 Å². The molecule has 0 aromatic carbocycles. The molecule has 2 atom stereocenters. The second-order valence-corrected chi connectivity index (χ2v) is 9.88. The van der Waals surface area contributed by atoms with Crippen LogP contribution >= 0.6 is 0 Å². The topological polar surface area (TPSA) is 87.4 Å². The third-order valence-corrected chi connectivity index (χ3v) is 6.68. The van der Waals surface area contributed by atoms with Gasteiger partial charge in [-0.1, -0.05) is 0 Å². The van der Waals surface area contributed by atoms with Crippen molar-refractivity contribution < 1.29 is 14.3 Å². The predicted molar refractivity (Wildman–Crippen MR) is 136 cm³/mol. The average Bonchev–Trinajstić information content (AvgIpc) is 3.25. The summed E-state index contributed by atoms with van der Waals surface area (Å²) in [6.45, 7) is 8.08. The molecule has 0 bridgehead atoms. The van der Waals surface area contributed by atoms with Gasteiger partial charge in [0.05, 0.1) is 10.9 Å². The molecule has 1 aliphatic heterocycles. The summed E-state index contributed by atoms with van der Waals surface area (Å²) in [5, 5.41) is 11.2. The van der Waals surface area contributed by atoms with Crippen LogP contribution in [0.1, 0.15) is 27.7 Å². The van der Waals surface area contributed by atoms with Crippen molar-refractivity contribution in [1.82, 2.24) is 24.4 Å². The Morgan fingerprint density at radius 3 is 2.44 bits per heavy atom. The van der Waals surface area contributed by atoms with E-state index < -0.39 is 5.60 Å². The molecule has 0 aliphatic carbocycles. The fourth-order valence-electron chi connectivity index (χ4n) is 4.90. The molecule has 0 spiro atoms. The van der Waals surface area contributed by atoms with Crippen LogP contribution in [0.2, 0.25) is 0 Å². The van der Waals surface area contributed by atoms with Gasteiger partial charge in [-0.15, -0.1) is 0 Å². The van der Waals surface area contributed by atoms with Crippen LogP contribution in [0.5, 0.6) is 0 Å². The van der Waals surface area contributed by atoms with Crippen molar-refractivity contribution in [3.05, 3.63) is 67.1 Å². The summed E-state index contributed by atoms with van der Waals surface area (Å²) in [5.74, 6) is 0.605. The zero-order valence-corrected chi connectivity index (χ0v) is 20.8. The number of rotatable bonds is 4. The number of carbonyl (C=O) groups excluding carboxylic acids is 1. The van der Waals surface area contributed by atoms with Crippen molar-refractivity contribution in [2.24, 2.45) is 0 Å². The van der Waals surface area contributed by atoms with Crippen molar-refractivity contribution >= 4 is 22.6 Å². The Kier molecular flexibility index (Phi) is 5.96. The van der Waals surface area contributed by atoms with Crippen LogP contribution in [-0.2, 0) is 4.79 Å². The number of hydrogen-bond acceptors (Lipinski definition) is 6. The number of hydrogen-bond donors (Lipinski definition) is 1. The first kappa shape index (κ1) is 23.9. The quantitative estimate of drug-likeness (QED) is 0.470. The van der Waals surface area contributed by atoms with Gasteiger partial charge in [0.1, 0.15) is 23.1 Å². The lowest BCUT2D eigenvalue weighted by Crippen LogP contribution is -2.61. The predicted octanol–water partition coefficient (Wildman–Crippen LogP) is 3.82. The Morgan fingerprint density at radius 2 is 1.75 bits per heavy atom. The van der Waals surface area contributed by atoms with Gasteiger partial charge in [-0.2, -0.15) is 0 Å². The molecule has 1 N–H and O–H groups in total. The number of halogens is 1. The number of aliphatic hydroxyl groups is 1. The molecular formula is C27H29FN6O2. The zero-order chi connectivity index (χ0) is 25.6. The number of carbonyl (C=O) groups is 1. The summed E-state index contributed by atoms with van der Waals surface area (Å²) in [6.07, 6.45) is 8.62. The highest BCUT2D eigenvalue weighted by molar-refractivity contribution is 6.04. The van der Waals surface area contributed by atoms with Crippen molar-refractivity contribution in [1.29, 1.82) is 0 Å². The van der Waals surface area contributed by atoms with Crippen LogP contribution < -0.4 is 4.90 Å². The van der Waals surface area contributed by atoms with E-state index in [2.05, 4.69) is 14.9 Å². The first-order valence-electron chi connectivity index (χ1n) is 12.0. The number of nitrogens with zero attached hydrogens (tertiary/aromatic N) is 6. The average molecular weight is 489 g/mol. The number of anilines is 1. The third-order valence-electron chi connectivity index (χ3n) is 6.68. The molecule has 1 amide bonds. The Morgan fingerprint density at radius 1 is 1.03 bits per heavy atom. The Balaban J connectivity index is 1.65. The molecule has 1 saturated heterocycles. The van der Waals surface area contributed by atoms with Crippen molar-refractivity contribution in [3.8, 4) is 16.9 Å². The number of pyridine rings is 3. The van der Waals surface area contributed by atoms with Gasteiger partial charge in [0, 0.05) is 67.8 Å². The molecule has 9 heteroatoms. The molecule has 4 aromatic heterocycles. The van der Waals surface area contributed by atoms with Crippen LogP contribution in [0.3, 0.4) is 0 Å². The summed E-state index contributed by atoms with van der Waals surface area (Å²) in [4.78, 5) is 30.1. The van der Waals surface area contributed by atoms with Crippen LogP contribution in [0.4, 0.5) is 10.2 Å². The van der Waals surface area contributed by atoms with E-state index in [0.29, 0.717) is 18.9 Å². The van der Waals surface area contributed by atoms with E-state index >= 15 is 0 Å². The van der Waals surface area contributed by atoms with Crippen molar-refractivity contribution in [2.45, 2.75) is 45.4 Å².